The van der Waals surface area contributed by atoms with Crippen LogP contribution in [0.2, 0.25) is 0 Å². The first-order valence-electron chi connectivity index (χ1n) is 6.29. The standard InChI is InChI=1S/C13H17NO4S/c1-11-5-7-12(8-6-11)19(16,17)18-13(15)14-9-3-2-4-10-14/h5-8H,2-4,9-10H2,1H3. The Morgan fingerprint density at radius 3 is 2.26 bits per heavy atom. The van der Waals surface area contributed by atoms with Gasteiger partial charge in [0.05, 0.1) is 0 Å². The van der Waals surface area contributed by atoms with Crippen LogP contribution in [0.3, 0.4) is 0 Å². The summed E-state index contributed by atoms with van der Waals surface area (Å²) in [6, 6.07) is 6.21. The molecule has 1 aromatic carbocycles. The Hall–Kier alpha value is -1.56. The second-order valence-corrected chi connectivity index (χ2v) is 6.21. The zero-order chi connectivity index (χ0) is 13.9. The molecule has 1 amide bonds. The van der Waals surface area contributed by atoms with Gasteiger partial charge in [-0.05, 0) is 38.3 Å². The van der Waals surface area contributed by atoms with Crippen molar-refractivity contribution in [2.45, 2.75) is 31.1 Å². The number of amides is 1. The number of nitrogens with zero attached hydrogens (tertiary/aromatic N) is 1. The van der Waals surface area contributed by atoms with E-state index in [4.69, 9.17) is 0 Å². The minimum atomic E-state index is -4.02. The highest BCUT2D eigenvalue weighted by molar-refractivity contribution is 7.87. The van der Waals surface area contributed by atoms with Gasteiger partial charge in [0, 0.05) is 13.1 Å². The smallest absolute Gasteiger partial charge is 0.324 e. The van der Waals surface area contributed by atoms with Crippen LogP contribution in [-0.2, 0) is 14.3 Å². The molecule has 1 fully saturated rings. The van der Waals surface area contributed by atoms with E-state index in [-0.39, 0.29) is 4.90 Å². The number of likely N-dealkylation sites (tertiary alicyclic amines) is 1. The molecule has 0 unspecified atom stereocenters. The highest BCUT2D eigenvalue weighted by Crippen LogP contribution is 2.16. The van der Waals surface area contributed by atoms with Crippen molar-refractivity contribution in [1.82, 2.24) is 4.90 Å². The van der Waals surface area contributed by atoms with Gasteiger partial charge < -0.3 is 9.08 Å². The average Bonchev–Trinajstić information content (AvgIpc) is 2.40. The Morgan fingerprint density at radius 2 is 1.68 bits per heavy atom. The van der Waals surface area contributed by atoms with Crippen LogP contribution in [0, 0.1) is 6.92 Å². The van der Waals surface area contributed by atoms with Crippen LogP contribution in [0.15, 0.2) is 29.2 Å². The maximum absolute atomic E-state index is 11.9. The summed E-state index contributed by atoms with van der Waals surface area (Å²) < 4.78 is 28.5. The van der Waals surface area contributed by atoms with E-state index in [2.05, 4.69) is 4.18 Å². The fourth-order valence-corrected chi connectivity index (χ4v) is 2.83. The van der Waals surface area contributed by atoms with E-state index >= 15 is 0 Å². The molecule has 6 heteroatoms. The number of carbonyl (C=O) groups excluding carboxylic acids is 1. The molecule has 5 nitrogen and oxygen atoms in total. The summed E-state index contributed by atoms with van der Waals surface area (Å²) in [6.07, 6.45) is 2.06. The molecule has 0 N–H and O–H groups in total. The number of piperidine rings is 1. The van der Waals surface area contributed by atoms with Gasteiger partial charge in [-0.3, -0.25) is 0 Å². The van der Waals surface area contributed by atoms with E-state index in [1.807, 2.05) is 6.92 Å². The summed E-state index contributed by atoms with van der Waals surface area (Å²) in [6.45, 7) is 2.97. The van der Waals surface area contributed by atoms with Crippen molar-refractivity contribution in [3.05, 3.63) is 29.8 Å². The molecule has 1 aliphatic heterocycles. The topological polar surface area (TPSA) is 63.7 Å². The minimum absolute atomic E-state index is 0.00320. The summed E-state index contributed by atoms with van der Waals surface area (Å²) in [5.74, 6) is 0. The molecule has 0 aliphatic carbocycles. The molecule has 0 spiro atoms. The summed E-state index contributed by atoms with van der Waals surface area (Å²) in [5, 5.41) is 0. The minimum Gasteiger partial charge on any atom is -0.324 e. The molecule has 1 aliphatic rings. The van der Waals surface area contributed by atoms with Crippen molar-refractivity contribution in [2.24, 2.45) is 0 Å². The number of hydrogen-bond acceptors (Lipinski definition) is 4. The van der Waals surface area contributed by atoms with E-state index in [0.717, 1.165) is 24.8 Å². The SMILES string of the molecule is Cc1ccc(S(=O)(=O)OC(=O)N2CCCCC2)cc1. The van der Waals surface area contributed by atoms with Gasteiger partial charge in [-0.1, -0.05) is 17.7 Å². The maximum Gasteiger partial charge on any atom is 0.425 e. The van der Waals surface area contributed by atoms with Crippen LogP contribution in [0.1, 0.15) is 24.8 Å². The van der Waals surface area contributed by atoms with Gasteiger partial charge >= 0.3 is 16.2 Å². The van der Waals surface area contributed by atoms with Gasteiger partial charge in [-0.15, -0.1) is 0 Å². The summed E-state index contributed by atoms with van der Waals surface area (Å²) in [5.41, 5.74) is 0.946. The van der Waals surface area contributed by atoms with Crippen molar-refractivity contribution in [2.75, 3.05) is 13.1 Å². The lowest BCUT2D eigenvalue weighted by molar-refractivity contribution is 0.145. The van der Waals surface area contributed by atoms with Crippen molar-refractivity contribution in [1.29, 1.82) is 0 Å². The molecule has 19 heavy (non-hydrogen) atoms. The van der Waals surface area contributed by atoms with Gasteiger partial charge in [0.25, 0.3) is 0 Å². The van der Waals surface area contributed by atoms with E-state index in [9.17, 15) is 13.2 Å². The van der Waals surface area contributed by atoms with Crippen molar-refractivity contribution >= 4 is 16.2 Å². The Labute approximate surface area is 113 Å². The van der Waals surface area contributed by atoms with E-state index in [0.29, 0.717) is 13.1 Å². The molecular formula is C13H17NO4S. The Morgan fingerprint density at radius 1 is 1.11 bits per heavy atom. The van der Waals surface area contributed by atoms with Crippen molar-refractivity contribution in [3.63, 3.8) is 0 Å². The predicted octanol–water partition coefficient (Wildman–Crippen LogP) is 2.31. The number of rotatable bonds is 2. The maximum atomic E-state index is 11.9. The van der Waals surface area contributed by atoms with Gasteiger partial charge in [0.2, 0.25) is 0 Å². The van der Waals surface area contributed by atoms with Gasteiger partial charge in [0.1, 0.15) is 4.90 Å². The van der Waals surface area contributed by atoms with E-state index < -0.39 is 16.2 Å². The molecular weight excluding hydrogens is 266 g/mol. The second-order valence-electron chi connectivity index (χ2n) is 4.66. The molecule has 1 saturated heterocycles. The number of carbonyl (C=O) groups is 1. The van der Waals surface area contributed by atoms with Crippen molar-refractivity contribution in [3.8, 4) is 0 Å². The molecule has 1 heterocycles. The number of hydrogen-bond donors (Lipinski definition) is 0. The fraction of sp³-hybridized carbons (Fsp3) is 0.462. The van der Waals surface area contributed by atoms with Crippen LogP contribution in [0.5, 0.6) is 0 Å². The monoisotopic (exact) mass is 283 g/mol. The van der Waals surface area contributed by atoms with E-state index in [1.165, 1.54) is 17.0 Å². The first kappa shape index (κ1) is 13.9. The lowest BCUT2D eigenvalue weighted by atomic mass is 10.1. The van der Waals surface area contributed by atoms with Gasteiger partial charge in [0.15, 0.2) is 0 Å². The molecule has 0 atom stereocenters. The Kier molecular flexibility index (Phi) is 4.09. The molecule has 104 valence electrons. The van der Waals surface area contributed by atoms with Crippen LogP contribution in [-0.4, -0.2) is 32.5 Å². The highest BCUT2D eigenvalue weighted by Gasteiger charge is 2.25. The molecule has 0 radical (unpaired) electrons. The zero-order valence-corrected chi connectivity index (χ0v) is 11.6. The molecule has 0 bridgehead atoms. The zero-order valence-electron chi connectivity index (χ0n) is 10.8. The summed E-state index contributed by atoms with van der Waals surface area (Å²) in [4.78, 5) is 13.2. The van der Waals surface area contributed by atoms with Crippen LogP contribution < -0.4 is 0 Å². The third-order valence-corrected chi connectivity index (χ3v) is 4.32. The lowest BCUT2D eigenvalue weighted by Gasteiger charge is -2.25. The fourth-order valence-electron chi connectivity index (χ4n) is 1.98. The number of aryl methyl sites for hydroxylation is 1. The van der Waals surface area contributed by atoms with E-state index in [1.54, 1.807) is 12.1 Å². The Bertz CT molecular complexity index is 545. The lowest BCUT2D eigenvalue weighted by Crippen LogP contribution is -2.37. The molecule has 1 aromatic rings. The third-order valence-electron chi connectivity index (χ3n) is 3.10. The Balaban J connectivity index is 2.08. The highest BCUT2D eigenvalue weighted by atomic mass is 32.2. The number of benzene rings is 1. The average molecular weight is 283 g/mol. The summed E-state index contributed by atoms with van der Waals surface area (Å²) in [7, 11) is -4.02. The van der Waals surface area contributed by atoms with Crippen LogP contribution in [0.4, 0.5) is 4.79 Å². The quantitative estimate of drug-likeness (QED) is 0.781. The van der Waals surface area contributed by atoms with Crippen LogP contribution >= 0.6 is 0 Å². The summed E-state index contributed by atoms with van der Waals surface area (Å²) >= 11 is 0. The first-order chi connectivity index (χ1) is 8.99. The van der Waals surface area contributed by atoms with Crippen molar-refractivity contribution < 1.29 is 17.4 Å². The second kappa shape index (κ2) is 5.61. The van der Waals surface area contributed by atoms with Crippen LogP contribution in [0.25, 0.3) is 0 Å². The molecule has 0 aromatic heterocycles. The molecule has 2 rings (SSSR count). The predicted molar refractivity (Wildman–Crippen MR) is 70.3 cm³/mol. The van der Waals surface area contributed by atoms with Gasteiger partial charge in [-0.2, -0.15) is 8.42 Å². The molecule has 0 saturated carbocycles. The third kappa shape index (κ3) is 3.47. The largest absolute Gasteiger partial charge is 0.425 e. The first-order valence-corrected chi connectivity index (χ1v) is 7.70. The normalized spacial score (nSPS) is 16.2. The van der Waals surface area contributed by atoms with Gasteiger partial charge in [-0.25, -0.2) is 4.79 Å².